The van der Waals surface area contributed by atoms with E-state index >= 15 is 0 Å². The van der Waals surface area contributed by atoms with E-state index in [0.717, 1.165) is 25.5 Å². The summed E-state index contributed by atoms with van der Waals surface area (Å²) in [5.74, 6) is 1.35. The minimum atomic E-state index is 0.365. The minimum absolute atomic E-state index is 0.365. The maximum Gasteiger partial charge on any atom is 0.199 e. The largest absolute Gasteiger partial charge is 0.490 e. The van der Waals surface area contributed by atoms with Crippen LogP contribution in [0.25, 0.3) is 0 Å². The van der Waals surface area contributed by atoms with Crippen LogP contribution in [-0.2, 0) is 0 Å². The summed E-state index contributed by atoms with van der Waals surface area (Å²) in [7, 11) is 3.72. The second kappa shape index (κ2) is 5.06. The number of likely N-dealkylation sites (N-methyl/N-ethyl adjacent to an activating group) is 1. The molecule has 1 aromatic rings. The summed E-state index contributed by atoms with van der Waals surface area (Å²) in [6, 6.07) is 0.488. The molecule has 1 aliphatic heterocycles. The molecule has 0 aliphatic carbocycles. The van der Waals surface area contributed by atoms with E-state index in [0.29, 0.717) is 16.9 Å². The van der Waals surface area contributed by atoms with Gasteiger partial charge in [0.2, 0.25) is 0 Å². The van der Waals surface area contributed by atoms with Crippen molar-refractivity contribution in [1.29, 1.82) is 0 Å². The Bertz CT molecular complexity index is 401. The number of hydrogen-bond donors (Lipinski definition) is 0. The fraction of sp³-hybridized carbons (Fsp3) is 0.636. The molecule has 17 heavy (non-hydrogen) atoms. The van der Waals surface area contributed by atoms with Gasteiger partial charge in [0.15, 0.2) is 16.7 Å². The normalized spacial score (nSPS) is 21.6. The highest BCUT2D eigenvalue weighted by Crippen LogP contribution is 2.32. The summed E-state index contributed by atoms with van der Waals surface area (Å²) in [5, 5.41) is 0.365. The number of nitrogens with zero attached hydrogens (tertiary/aromatic N) is 4. The zero-order valence-corrected chi connectivity index (χ0v) is 11.1. The molecular weight excluding hydrogens is 240 g/mol. The molecule has 0 N–H and O–H groups in total. The lowest BCUT2D eigenvalue weighted by Gasteiger charge is -2.38. The van der Waals surface area contributed by atoms with E-state index in [1.54, 1.807) is 7.11 Å². The number of rotatable bonds is 2. The van der Waals surface area contributed by atoms with Gasteiger partial charge in [-0.1, -0.05) is 11.6 Å². The highest BCUT2D eigenvalue weighted by molar-refractivity contribution is 6.31. The van der Waals surface area contributed by atoms with E-state index in [1.807, 2.05) is 0 Å². The first-order valence-electron chi connectivity index (χ1n) is 5.63. The summed E-state index contributed by atoms with van der Waals surface area (Å²) >= 11 is 6.00. The third-order valence-electron chi connectivity index (χ3n) is 3.20. The van der Waals surface area contributed by atoms with Crippen molar-refractivity contribution in [1.82, 2.24) is 14.9 Å². The number of anilines is 1. The molecular formula is C11H17ClN4O. The van der Waals surface area contributed by atoms with Gasteiger partial charge in [0.25, 0.3) is 0 Å². The molecule has 0 amide bonds. The fourth-order valence-corrected chi connectivity index (χ4v) is 2.19. The summed E-state index contributed by atoms with van der Waals surface area (Å²) in [6.45, 7) is 5.04. The molecule has 5 nitrogen and oxygen atoms in total. The van der Waals surface area contributed by atoms with Crippen LogP contribution in [0.5, 0.6) is 5.75 Å². The molecule has 1 aromatic heterocycles. The van der Waals surface area contributed by atoms with Gasteiger partial charge in [-0.15, -0.1) is 0 Å². The molecule has 0 spiro atoms. The lowest BCUT2D eigenvalue weighted by atomic mass is 10.2. The Labute approximate surface area is 106 Å². The summed E-state index contributed by atoms with van der Waals surface area (Å²) < 4.78 is 5.28. The smallest absolute Gasteiger partial charge is 0.199 e. The Morgan fingerprint density at radius 3 is 2.82 bits per heavy atom. The highest BCUT2D eigenvalue weighted by atomic mass is 35.5. The van der Waals surface area contributed by atoms with Crippen LogP contribution in [0.4, 0.5) is 5.82 Å². The number of piperazine rings is 1. The number of methoxy groups -OCH3 is 1. The number of halogens is 1. The van der Waals surface area contributed by atoms with Crippen molar-refractivity contribution in [3.05, 3.63) is 11.5 Å². The molecule has 6 heteroatoms. The van der Waals surface area contributed by atoms with Crippen molar-refractivity contribution < 1.29 is 4.74 Å². The molecule has 0 bridgehead atoms. The molecule has 1 aliphatic rings. The molecule has 1 saturated heterocycles. The maximum atomic E-state index is 6.00. The van der Waals surface area contributed by atoms with Crippen LogP contribution in [0.2, 0.25) is 5.15 Å². The van der Waals surface area contributed by atoms with Crippen LogP contribution in [-0.4, -0.2) is 54.7 Å². The SMILES string of the molecule is COc1c(Cl)ncnc1N1CCN(C)C(C)C1. The van der Waals surface area contributed by atoms with Gasteiger partial charge in [-0.25, -0.2) is 9.97 Å². The third kappa shape index (κ3) is 2.45. The lowest BCUT2D eigenvalue weighted by molar-refractivity contribution is 0.232. The Hall–Kier alpha value is -1.07. The second-order valence-corrected chi connectivity index (χ2v) is 4.65. The van der Waals surface area contributed by atoms with Crippen LogP contribution in [0, 0.1) is 0 Å². The number of hydrogen-bond acceptors (Lipinski definition) is 5. The predicted octanol–water partition coefficient (Wildman–Crippen LogP) is 1.28. The Kier molecular flexibility index (Phi) is 3.69. The van der Waals surface area contributed by atoms with Gasteiger partial charge in [0.05, 0.1) is 7.11 Å². The van der Waals surface area contributed by atoms with Crippen LogP contribution < -0.4 is 9.64 Å². The van der Waals surface area contributed by atoms with E-state index < -0.39 is 0 Å². The average Bonchev–Trinajstić information content (AvgIpc) is 2.32. The predicted molar refractivity (Wildman–Crippen MR) is 67.9 cm³/mol. The topological polar surface area (TPSA) is 41.5 Å². The standard InChI is InChI=1S/C11H17ClN4O/c1-8-6-16(5-4-15(8)2)11-9(17-3)10(12)13-7-14-11/h7-8H,4-6H2,1-3H3. The molecule has 0 aromatic carbocycles. The maximum absolute atomic E-state index is 6.00. The van der Waals surface area contributed by atoms with Crippen molar-refractivity contribution in [2.24, 2.45) is 0 Å². The van der Waals surface area contributed by atoms with Crippen molar-refractivity contribution in [2.45, 2.75) is 13.0 Å². The van der Waals surface area contributed by atoms with Gasteiger partial charge in [0.1, 0.15) is 6.33 Å². The average molecular weight is 257 g/mol. The van der Waals surface area contributed by atoms with Gasteiger partial charge >= 0.3 is 0 Å². The van der Waals surface area contributed by atoms with Gasteiger partial charge in [0, 0.05) is 25.7 Å². The first-order valence-corrected chi connectivity index (χ1v) is 6.01. The minimum Gasteiger partial charge on any atom is -0.490 e. The Balaban J connectivity index is 2.25. The molecule has 1 atom stereocenters. The lowest BCUT2D eigenvalue weighted by Crippen LogP contribution is -2.50. The Morgan fingerprint density at radius 1 is 1.41 bits per heavy atom. The molecule has 0 saturated carbocycles. The van der Waals surface area contributed by atoms with Crippen LogP contribution >= 0.6 is 11.6 Å². The zero-order chi connectivity index (χ0) is 12.4. The van der Waals surface area contributed by atoms with Crippen molar-refractivity contribution in [3.63, 3.8) is 0 Å². The van der Waals surface area contributed by atoms with Crippen molar-refractivity contribution >= 4 is 17.4 Å². The summed E-state index contributed by atoms with van der Waals surface area (Å²) in [4.78, 5) is 12.7. The van der Waals surface area contributed by atoms with E-state index in [-0.39, 0.29) is 0 Å². The summed E-state index contributed by atoms with van der Waals surface area (Å²) in [6.07, 6.45) is 1.48. The van der Waals surface area contributed by atoms with Crippen LogP contribution in [0.1, 0.15) is 6.92 Å². The van der Waals surface area contributed by atoms with Crippen LogP contribution in [0.15, 0.2) is 6.33 Å². The summed E-state index contributed by atoms with van der Waals surface area (Å²) in [5.41, 5.74) is 0. The highest BCUT2D eigenvalue weighted by Gasteiger charge is 2.24. The molecule has 1 unspecified atom stereocenters. The molecule has 2 rings (SSSR count). The van der Waals surface area contributed by atoms with E-state index in [9.17, 15) is 0 Å². The first-order chi connectivity index (χ1) is 8.13. The van der Waals surface area contributed by atoms with Gasteiger partial charge in [-0.2, -0.15) is 0 Å². The van der Waals surface area contributed by atoms with Crippen molar-refractivity contribution in [3.8, 4) is 5.75 Å². The molecule has 0 radical (unpaired) electrons. The van der Waals surface area contributed by atoms with E-state index in [2.05, 4.69) is 33.7 Å². The third-order valence-corrected chi connectivity index (χ3v) is 3.47. The van der Waals surface area contributed by atoms with E-state index in [1.165, 1.54) is 6.33 Å². The molecule has 94 valence electrons. The van der Waals surface area contributed by atoms with Gasteiger partial charge < -0.3 is 14.5 Å². The molecule has 2 heterocycles. The first kappa shape index (κ1) is 12.4. The van der Waals surface area contributed by atoms with Gasteiger partial charge in [-0.3, -0.25) is 0 Å². The second-order valence-electron chi connectivity index (χ2n) is 4.30. The molecule has 1 fully saturated rings. The van der Waals surface area contributed by atoms with Crippen LogP contribution in [0.3, 0.4) is 0 Å². The van der Waals surface area contributed by atoms with Crippen molar-refractivity contribution in [2.75, 3.05) is 38.7 Å². The Morgan fingerprint density at radius 2 is 2.18 bits per heavy atom. The monoisotopic (exact) mass is 256 g/mol. The number of aromatic nitrogens is 2. The quantitative estimate of drug-likeness (QED) is 0.746. The van der Waals surface area contributed by atoms with Gasteiger partial charge in [-0.05, 0) is 14.0 Å². The fourth-order valence-electron chi connectivity index (χ4n) is 1.99. The zero-order valence-electron chi connectivity index (χ0n) is 10.4. The number of ether oxygens (including phenoxy) is 1. The van der Waals surface area contributed by atoms with E-state index in [4.69, 9.17) is 16.3 Å².